The van der Waals surface area contributed by atoms with Crippen LogP contribution in [0.5, 0.6) is 0 Å². The van der Waals surface area contributed by atoms with Crippen molar-refractivity contribution in [1.29, 1.82) is 0 Å². The van der Waals surface area contributed by atoms with Gasteiger partial charge >= 0.3 is 0 Å². The fraction of sp³-hybridized carbons (Fsp3) is 0.526. The second-order valence-corrected chi connectivity index (χ2v) is 6.90. The van der Waals surface area contributed by atoms with Crippen LogP contribution in [0.4, 0.5) is 0 Å². The third-order valence-corrected chi connectivity index (χ3v) is 5.24. The van der Waals surface area contributed by atoms with Crippen LogP contribution in [0.15, 0.2) is 23.1 Å². The van der Waals surface area contributed by atoms with Crippen molar-refractivity contribution in [3.8, 4) is 0 Å². The summed E-state index contributed by atoms with van der Waals surface area (Å²) < 4.78 is 1.83. The lowest BCUT2D eigenvalue weighted by Crippen LogP contribution is -2.41. The Morgan fingerprint density at radius 2 is 2.08 bits per heavy atom. The molecule has 140 valence electrons. The molecule has 2 atom stereocenters. The number of aliphatic hydroxyl groups is 1. The molecule has 1 saturated heterocycles. The molecule has 2 aromatic heterocycles. The molecule has 3 rings (SSSR count). The SMILES string of the molecule is CCN(C)[C@H]1CN(C(=O)c2cn(CC)c3nc(C)ccc3c2=O)C[C@@H]1O. The molecule has 0 saturated carbocycles. The molecular weight excluding hydrogens is 332 g/mol. The largest absolute Gasteiger partial charge is 0.390 e. The summed E-state index contributed by atoms with van der Waals surface area (Å²) >= 11 is 0. The smallest absolute Gasteiger partial charge is 0.259 e. The predicted octanol–water partition coefficient (Wildman–Crippen LogP) is 0.862. The highest BCUT2D eigenvalue weighted by molar-refractivity contribution is 5.97. The average molecular weight is 358 g/mol. The summed E-state index contributed by atoms with van der Waals surface area (Å²) in [5, 5.41) is 10.7. The molecule has 0 aromatic carbocycles. The highest BCUT2D eigenvalue weighted by Gasteiger charge is 2.37. The number of amides is 1. The summed E-state index contributed by atoms with van der Waals surface area (Å²) in [6, 6.07) is 3.40. The number of carbonyl (C=O) groups is 1. The van der Waals surface area contributed by atoms with Gasteiger partial charge in [0, 0.05) is 31.5 Å². The van der Waals surface area contributed by atoms with Gasteiger partial charge < -0.3 is 14.6 Å². The molecule has 7 heteroatoms. The van der Waals surface area contributed by atoms with Gasteiger partial charge in [-0.2, -0.15) is 0 Å². The Morgan fingerprint density at radius 3 is 2.73 bits per heavy atom. The zero-order valence-corrected chi connectivity index (χ0v) is 15.8. The number of likely N-dealkylation sites (N-methyl/N-ethyl adjacent to an activating group) is 1. The van der Waals surface area contributed by atoms with E-state index in [2.05, 4.69) is 4.98 Å². The Morgan fingerprint density at radius 1 is 1.35 bits per heavy atom. The Kier molecular flexibility index (Phi) is 5.11. The average Bonchev–Trinajstić information content (AvgIpc) is 3.02. The first-order valence-corrected chi connectivity index (χ1v) is 9.05. The maximum Gasteiger partial charge on any atom is 0.259 e. The van der Waals surface area contributed by atoms with Crippen LogP contribution in [0.25, 0.3) is 11.0 Å². The molecule has 3 heterocycles. The van der Waals surface area contributed by atoms with Gasteiger partial charge in [0.2, 0.25) is 5.43 Å². The topological polar surface area (TPSA) is 78.7 Å². The molecule has 0 radical (unpaired) electrons. The molecule has 0 aliphatic carbocycles. The van der Waals surface area contributed by atoms with Crippen molar-refractivity contribution < 1.29 is 9.90 Å². The van der Waals surface area contributed by atoms with Gasteiger partial charge in [-0.1, -0.05) is 6.92 Å². The maximum absolute atomic E-state index is 13.0. The van der Waals surface area contributed by atoms with Gasteiger partial charge in [0.25, 0.3) is 5.91 Å². The van der Waals surface area contributed by atoms with Crippen molar-refractivity contribution in [1.82, 2.24) is 19.4 Å². The van der Waals surface area contributed by atoms with E-state index < -0.39 is 6.10 Å². The molecule has 1 aliphatic heterocycles. The number of aryl methyl sites for hydroxylation is 2. The van der Waals surface area contributed by atoms with Crippen molar-refractivity contribution in [2.24, 2.45) is 0 Å². The quantitative estimate of drug-likeness (QED) is 0.877. The zero-order chi connectivity index (χ0) is 19.0. The van der Waals surface area contributed by atoms with Gasteiger partial charge in [0.05, 0.1) is 17.5 Å². The molecule has 1 aliphatic rings. The first-order chi connectivity index (χ1) is 12.4. The molecular formula is C19H26N4O3. The maximum atomic E-state index is 13.0. The molecule has 26 heavy (non-hydrogen) atoms. The number of likely N-dealkylation sites (tertiary alicyclic amines) is 1. The van der Waals surface area contributed by atoms with Crippen LogP contribution in [0.2, 0.25) is 0 Å². The van der Waals surface area contributed by atoms with E-state index in [4.69, 9.17) is 0 Å². The number of aliphatic hydroxyl groups excluding tert-OH is 1. The number of nitrogens with zero attached hydrogens (tertiary/aromatic N) is 4. The summed E-state index contributed by atoms with van der Waals surface area (Å²) in [4.78, 5) is 33.9. The summed E-state index contributed by atoms with van der Waals surface area (Å²) in [5.74, 6) is -0.328. The van der Waals surface area contributed by atoms with Crippen molar-refractivity contribution >= 4 is 16.9 Å². The van der Waals surface area contributed by atoms with Crippen LogP contribution in [0, 0.1) is 6.92 Å². The number of fused-ring (bicyclic) bond motifs is 1. The molecule has 7 nitrogen and oxygen atoms in total. The lowest BCUT2D eigenvalue weighted by atomic mass is 10.1. The Labute approximate surface area is 152 Å². The summed E-state index contributed by atoms with van der Waals surface area (Å²) in [6.07, 6.45) is 0.991. The molecule has 0 unspecified atom stereocenters. The van der Waals surface area contributed by atoms with Crippen LogP contribution in [-0.4, -0.2) is 69.2 Å². The van der Waals surface area contributed by atoms with E-state index in [-0.39, 0.29) is 29.5 Å². The molecule has 1 amide bonds. The van der Waals surface area contributed by atoms with Gasteiger partial charge in [-0.05, 0) is 39.6 Å². The van der Waals surface area contributed by atoms with E-state index in [0.29, 0.717) is 24.1 Å². The molecule has 1 fully saturated rings. The van der Waals surface area contributed by atoms with Crippen molar-refractivity contribution in [2.75, 3.05) is 26.7 Å². The fourth-order valence-corrected chi connectivity index (χ4v) is 3.53. The number of β-amino-alcohol motifs (C(OH)–C–C–N with tert-alkyl or cyclic N) is 1. The Balaban J connectivity index is 2.00. The number of carbonyl (C=O) groups excluding carboxylic acids is 1. The van der Waals surface area contributed by atoms with E-state index in [0.717, 1.165) is 12.2 Å². The fourth-order valence-electron chi connectivity index (χ4n) is 3.53. The minimum Gasteiger partial charge on any atom is -0.390 e. The van der Waals surface area contributed by atoms with Crippen LogP contribution in [0.3, 0.4) is 0 Å². The van der Waals surface area contributed by atoms with Gasteiger partial charge in [-0.25, -0.2) is 4.98 Å². The van der Waals surface area contributed by atoms with Gasteiger partial charge in [-0.3, -0.25) is 14.5 Å². The van der Waals surface area contributed by atoms with E-state index >= 15 is 0 Å². The Hall–Kier alpha value is -2.25. The van der Waals surface area contributed by atoms with Gasteiger partial charge in [0.15, 0.2) is 0 Å². The van der Waals surface area contributed by atoms with Crippen molar-refractivity contribution in [2.45, 2.75) is 39.5 Å². The van der Waals surface area contributed by atoms with Crippen LogP contribution < -0.4 is 5.43 Å². The van der Waals surface area contributed by atoms with Crippen LogP contribution in [-0.2, 0) is 6.54 Å². The Bertz CT molecular complexity index is 892. The van der Waals surface area contributed by atoms with Crippen LogP contribution in [0.1, 0.15) is 29.9 Å². The molecule has 0 bridgehead atoms. The monoisotopic (exact) mass is 358 g/mol. The number of pyridine rings is 2. The van der Waals surface area contributed by atoms with Gasteiger partial charge in [-0.15, -0.1) is 0 Å². The summed E-state index contributed by atoms with van der Waals surface area (Å²) in [7, 11) is 1.93. The highest BCUT2D eigenvalue weighted by atomic mass is 16.3. The number of aromatic nitrogens is 2. The first-order valence-electron chi connectivity index (χ1n) is 9.05. The number of rotatable bonds is 4. The minimum atomic E-state index is -0.609. The molecule has 2 aromatic rings. The van der Waals surface area contributed by atoms with E-state index in [9.17, 15) is 14.7 Å². The lowest BCUT2D eigenvalue weighted by Gasteiger charge is -2.24. The third-order valence-electron chi connectivity index (χ3n) is 5.24. The second-order valence-electron chi connectivity index (χ2n) is 6.90. The molecule has 0 spiro atoms. The van der Waals surface area contributed by atoms with E-state index in [1.165, 1.54) is 0 Å². The van der Waals surface area contributed by atoms with Crippen molar-refractivity contribution in [3.05, 3.63) is 39.8 Å². The summed E-state index contributed by atoms with van der Waals surface area (Å²) in [6.45, 7) is 7.89. The van der Waals surface area contributed by atoms with E-state index in [1.807, 2.05) is 37.3 Å². The second kappa shape index (κ2) is 7.17. The van der Waals surface area contributed by atoms with Crippen molar-refractivity contribution in [3.63, 3.8) is 0 Å². The van der Waals surface area contributed by atoms with Gasteiger partial charge in [0.1, 0.15) is 11.2 Å². The molecule has 1 N–H and O–H groups in total. The predicted molar refractivity (Wildman–Crippen MR) is 100 cm³/mol. The highest BCUT2D eigenvalue weighted by Crippen LogP contribution is 2.18. The standard InChI is InChI=1S/C19H26N4O3/c1-5-21(4)15-10-23(11-16(15)24)19(26)14-9-22(6-2)18-13(17(14)25)8-7-12(3)20-18/h7-9,15-16,24H,5-6,10-11H2,1-4H3/t15-,16-/m0/s1. The third kappa shape index (κ3) is 3.12. The normalized spacial score (nSPS) is 20.3. The zero-order valence-electron chi connectivity index (χ0n) is 15.8. The lowest BCUT2D eigenvalue weighted by molar-refractivity contribution is 0.0761. The number of hydrogen-bond donors (Lipinski definition) is 1. The number of hydrogen-bond acceptors (Lipinski definition) is 5. The first kappa shape index (κ1) is 18.5. The van der Waals surface area contributed by atoms with Crippen LogP contribution >= 0.6 is 0 Å². The minimum absolute atomic E-state index is 0.109. The summed E-state index contributed by atoms with van der Waals surface area (Å²) in [5.41, 5.74) is 1.26. The van der Waals surface area contributed by atoms with E-state index in [1.54, 1.807) is 23.2 Å².